The Kier molecular flexibility index (Phi) is 10.9. The summed E-state index contributed by atoms with van der Waals surface area (Å²) >= 11 is 0. The molecule has 3 amide bonds. The number of ether oxygens (including phenoxy) is 1. The predicted molar refractivity (Wildman–Crippen MR) is 127 cm³/mol. The minimum absolute atomic E-state index is 0.0893. The Morgan fingerprint density at radius 2 is 1.70 bits per heavy atom. The summed E-state index contributed by atoms with van der Waals surface area (Å²) in [5.74, 6) is -1.19. The van der Waals surface area contributed by atoms with E-state index < -0.39 is 29.7 Å². The number of nitrogens with one attached hydrogen (secondary N) is 2. The van der Waals surface area contributed by atoms with Crippen molar-refractivity contribution in [2.75, 3.05) is 6.54 Å². The molecule has 0 bridgehead atoms. The van der Waals surface area contributed by atoms with Crippen LogP contribution in [0.15, 0.2) is 30.3 Å². The molecule has 1 aromatic carbocycles. The van der Waals surface area contributed by atoms with Gasteiger partial charge in [-0.2, -0.15) is 5.26 Å². The average molecular weight is 459 g/mol. The molecule has 0 aliphatic rings. The van der Waals surface area contributed by atoms with Gasteiger partial charge < -0.3 is 20.3 Å². The number of amides is 3. The average Bonchev–Trinajstić information content (AvgIpc) is 2.70. The fraction of sp³-hybridized carbons (Fsp3) is 0.600. The summed E-state index contributed by atoms with van der Waals surface area (Å²) in [6.07, 6.45) is 0.950. The van der Waals surface area contributed by atoms with Gasteiger partial charge in [0.2, 0.25) is 11.8 Å². The van der Waals surface area contributed by atoms with Crippen LogP contribution in [0.1, 0.15) is 72.9 Å². The third-order valence-corrected chi connectivity index (χ3v) is 4.91. The fourth-order valence-electron chi connectivity index (χ4n) is 3.43. The molecular weight excluding hydrogens is 420 g/mol. The van der Waals surface area contributed by atoms with E-state index in [1.54, 1.807) is 58.9 Å². The quantitative estimate of drug-likeness (QED) is 0.516. The Hall–Kier alpha value is -3.08. The van der Waals surface area contributed by atoms with Crippen LogP contribution < -0.4 is 10.6 Å². The zero-order valence-electron chi connectivity index (χ0n) is 20.8. The van der Waals surface area contributed by atoms with Crippen LogP contribution in [-0.4, -0.2) is 47.0 Å². The van der Waals surface area contributed by atoms with Crippen molar-refractivity contribution in [2.24, 2.45) is 5.92 Å². The summed E-state index contributed by atoms with van der Waals surface area (Å²) in [6.45, 7) is 12.4. The van der Waals surface area contributed by atoms with E-state index in [4.69, 9.17) is 4.74 Å². The van der Waals surface area contributed by atoms with Gasteiger partial charge in [-0.15, -0.1) is 0 Å². The Bertz CT molecular complexity index is 827. The normalized spacial score (nSPS) is 13.9. The van der Waals surface area contributed by atoms with Gasteiger partial charge in [0.05, 0.1) is 6.07 Å². The van der Waals surface area contributed by atoms with Gasteiger partial charge in [-0.25, -0.2) is 4.79 Å². The molecule has 0 aliphatic carbocycles. The molecule has 0 saturated heterocycles. The molecule has 182 valence electrons. The maximum absolute atomic E-state index is 13.6. The molecule has 8 heteroatoms. The van der Waals surface area contributed by atoms with E-state index >= 15 is 0 Å². The smallest absolute Gasteiger partial charge is 0.408 e. The van der Waals surface area contributed by atoms with Crippen molar-refractivity contribution in [3.63, 3.8) is 0 Å². The van der Waals surface area contributed by atoms with Gasteiger partial charge >= 0.3 is 6.09 Å². The number of rotatable bonds is 10. The van der Waals surface area contributed by atoms with Crippen LogP contribution in [0.25, 0.3) is 0 Å². The molecule has 8 nitrogen and oxygen atoms in total. The number of hydrogen-bond acceptors (Lipinski definition) is 5. The van der Waals surface area contributed by atoms with Crippen LogP contribution in [0.4, 0.5) is 4.79 Å². The maximum atomic E-state index is 13.6. The minimum atomic E-state index is -1.01. The topological polar surface area (TPSA) is 112 Å². The summed E-state index contributed by atoms with van der Waals surface area (Å²) in [7, 11) is 0. The highest BCUT2D eigenvalue weighted by atomic mass is 16.6. The number of benzene rings is 1. The van der Waals surface area contributed by atoms with Crippen LogP contribution in [0.2, 0.25) is 0 Å². The number of hydrogen-bond donors (Lipinski definition) is 2. The van der Waals surface area contributed by atoms with Crippen molar-refractivity contribution in [3.05, 3.63) is 35.9 Å². The van der Waals surface area contributed by atoms with Gasteiger partial charge in [-0.1, -0.05) is 57.5 Å². The molecule has 0 saturated carbocycles. The van der Waals surface area contributed by atoms with E-state index in [9.17, 15) is 19.6 Å². The first-order valence-corrected chi connectivity index (χ1v) is 11.4. The Morgan fingerprint density at radius 1 is 1.09 bits per heavy atom. The van der Waals surface area contributed by atoms with Crippen LogP contribution in [-0.2, 0) is 14.3 Å². The Labute approximate surface area is 197 Å². The lowest BCUT2D eigenvalue weighted by atomic mass is 9.98. The SMILES string of the molecule is CCCC(C)NC(=O)C(c1ccccc1)N(CC#N)C(=O)C(NC(=O)OC(C)(C)C)C(C)C. The molecule has 0 aromatic heterocycles. The van der Waals surface area contributed by atoms with Gasteiger partial charge in [-0.3, -0.25) is 9.59 Å². The van der Waals surface area contributed by atoms with Gasteiger partial charge in [0, 0.05) is 6.04 Å². The van der Waals surface area contributed by atoms with E-state index in [1.807, 2.05) is 26.0 Å². The Morgan fingerprint density at radius 3 is 2.18 bits per heavy atom. The highest BCUT2D eigenvalue weighted by molar-refractivity contribution is 5.92. The summed E-state index contributed by atoms with van der Waals surface area (Å²) in [6, 6.07) is 8.79. The number of nitrogens with zero attached hydrogens (tertiary/aromatic N) is 2. The molecule has 0 spiro atoms. The molecule has 1 rings (SSSR count). The second-order valence-electron chi connectivity index (χ2n) is 9.50. The highest BCUT2D eigenvalue weighted by Crippen LogP contribution is 2.24. The van der Waals surface area contributed by atoms with Crippen LogP contribution >= 0.6 is 0 Å². The Balaban J connectivity index is 3.34. The molecule has 0 radical (unpaired) electrons. The van der Waals surface area contributed by atoms with Crippen LogP contribution in [0, 0.1) is 17.2 Å². The van der Waals surface area contributed by atoms with Gasteiger partial charge in [-0.05, 0) is 45.6 Å². The minimum Gasteiger partial charge on any atom is -0.444 e. The van der Waals surface area contributed by atoms with Crippen molar-refractivity contribution in [1.82, 2.24) is 15.5 Å². The zero-order valence-corrected chi connectivity index (χ0v) is 20.8. The van der Waals surface area contributed by atoms with Gasteiger partial charge in [0.15, 0.2) is 0 Å². The van der Waals surface area contributed by atoms with Crippen LogP contribution in [0.5, 0.6) is 0 Å². The summed E-state index contributed by atoms with van der Waals surface area (Å²) < 4.78 is 5.32. The molecule has 1 aromatic rings. The zero-order chi connectivity index (χ0) is 25.2. The van der Waals surface area contributed by atoms with Crippen molar-refractivity contribution in [3.8, 4) is 6.07 Å². The third-order valence-electron chi connectivity index (χ3n) is 4.91. The molecule has 0 heterocycles. The number of alkyl carbamates (subject to hydrolysis) is 1. The van der Waals surface area contributed by atoms with Gasteiger partial charge in [0.1, 0.15) is 24.2 Å². The van der Waals surface area contributed by atoms with E-state index in [2.05, 4.69) is 10.6 Å². The third kappa shape index (κ3) is 9.13. The highest BCUT2D eigenvalue weighted by Gasteiger charge is 2.37. The number of nitriles is 1. The molecule has 0 aliphatic heterocycles. The molecule has 2 N–H and O–H groups in total. The monoisotopic (exact) mass is 458 g/mol. The molecule has 3 unspecified atom stereocenters. The predicted octanol–water partition coefficient (Wildman–Crippen LogP) is 3.93. The largest absolute Gasteiger partial charge is 0.444 e. The van der Waals surface area contributed by atoms with Crippen molar-refractivity contribution < 1.29 is 19.1 Å². The van der Waals surface area contributed by atoms with Gasteiger partial charge in [0.25, 0.3) is 0 Å². The molecule has 33 heavy (non-hydrogen) atoms. The maximum Gasteiger partial charge on any atom is 0.408 e. The second kappa shape index (κ2) is 12.8. The molecular formula is C25H38N4O4. The summed E-state index contributed by atoms with van der Waals surface area (Å²) in [4.78, 5) is 40.6. The van der Waals surface area contributed by atoms with Crippen molar-refractivity contribution >= 4 is 17.9 Å². The summed E-state index contributed by atoms with van der Waals surface area (Å²) in [5, 5.41) is 15.1. The van der Waals surface area contributed by atoms with Crippen molar-refractivity contribution in [1.29, 1.82) is 5.26 Å². The lowest BCUT2D eigenvalue weighted by Crippen LogP contribution is -2.55. The lowest BCUT2D eigenvalue weighted by Gasteiger charge is -2.34. The van der Waals surface area contributed by atoms with E-state index in [0.717, 1.165) is 12.8 Å². The number of carbonyl (C=O) groups excluding carboxylic acids is 3. The molecule has 3 atom stereocenters. The standard InChI is InChI=1S/C25H38N4O4/c1-8-12-18(4)27-22(30)21(19-13-10-9-11-14-19)29(16-15-26)23(31)20(17(2)3)28-24(32)33-25(5,6)7/h9-11,13-14,17-18,20-21H,8,12,16H2,1-7H3,(H,27,30)(H,28,32). The second-order valence-corrected chi connectivity index (χ2v) is 9.50. The van der Waals surface area contributed by atoms with E-state index in [-0.39, 0.29) is 24.4 Å². The number of carbonyl (C=O) groups is 3. The summed E-state index contributed by atoms with van der Waals surface area (Å²) in [5.41, 5.74) is -0.148. The van der Waals surface area contributed by atoms with E-state index in [0.29, 0.717) is 5.56 Å². The fourth-order valence-corrected chi connectivity index (χ4v) is 3.43. The lowest BCUT2D eigenvalue weighted by molar-refractivity contribution is -0.142. The first-order chi connectivity index (χ1) is 15.4. The van der Waals surface area contributed by atoms with Crippen molar-refractivity contribution in [2.45, 2.75) is 85.0 Å². The first kappa shape index (κ1) is 28.0. The first-order valence-electron chi connectivity index (χ1n) is 11.4. The van der Waals surface area contributed by atoms with E-state index in [1.165, 1.54) is 4.90 Å². The molecule has 0 fully saturated rings. The van der Waals surface area contributed by atoms with Crippen LogP contribution in [0.3, 0.4) is 0 Å².